The van der Waals surface area contributed by atoms with Gasteiger partial charge < -0.3 is 0 Å². The summed E-state index contributed by atoms with van der Waals surface area (Å²) >= 11 is 0. The van der Waals surface area contributed by atoms with Crippen molar-refractivity contribution in [3.05, 3.63) is 0 Å². The molecule has 0 nitrogen and oxygen atoms in total. The fourth-order valence-corrected chi connectivity index (χ4v) is 8.61. The van der Waals surface area contributed by atoms with Gasteiger partial charge in [0, 0.05) is 9.90 Å². The van der Waals surface area contributed by atoms with Crippen molar-refractivity contribution in [2.75, 3.05) is 24.6 Å². The molecule has 0 aliphatic carbocycles. The molecule has 0 aromatic rings. The molecular formula is C12H29P2. The first-order chi connectivity index (χ1) is 6.24. The first-order valence-corrected chi connectivity index (χ1v) is 9.07. The van der Waals surface area contributed by atoms with Crippen LogP contribution >= 0.6 is 17.2 Å². The first kappa shape index (κ1) is 17.3. The van der Waals surface area contributed by atoms with Gasteiger partial charge in [0.2, 0.25) is 0 Å². The average molecular weight is 235 g/mol. The smallest absolute Gasteiger partial charge is 0 e. The second-order valence-electron chi connectivity index (χ2n) is 4.50. The Morgan fingerprint density at radius 2 is 0.786 bits per heavy atom. The largest absolute Gasteiger partial charge is 0 e. The van der Waals surface area contributed by atoms with Crippen LogP contribution in [0.4, 0.5) is 0 Å². The minimum Gasteiger partial charge on any atom is 0 e. The molecule has 87 valence electrons. The Balaban J connectivity index is 0. The minimum atomic E-state index is -0.796. The minimum absolute atomic E-state index is 0. The van der Waals surface area contributed by atoms with Crippen molar-refractivity contribution in [3.63, 3.8) is 0 Å². The second kappa shape index (κ2) is 10.4. The topological polar surface area (TPSA) is 0 Å². The molecule has 0 bridgehead atoms. The summed E-state index contributed by atoms with van der Waals surface area (Å²) in [6.45, 7) is 9.46. The molecule has 3 radical (unpaired) electrons. The van der Waals surface area contributed by atoms with E-state index in [0.29, 0.717) is 0 Å². The van der Waals surface area contributed by atoms with Gasteiger partial charge in [0.25, 0.3) is 0 Å². The van der Waals surface area contributed by atoms with Crippen LogP contribution in [0.15, 0.2) is 0 Å². The summed E-state index contributed by atoms with van der Waals surface area (Å²) < 4.78 is 0. The molecule has 0 saturated heterocycles. The summed E-state index contributed by atoms with van der Waals surface area (Å²) in [5.41, 5.74) is 0. The Kier molecular flexibility index (Phi) is 12.8. The predicted molar refractivity (Wildman–Crippen MR) is 75.9 cm³/mol. The Labute approximate surface area is 95.6 Å². The predicted octanol–water partition coefficient (Wildman–Crippen LogP) is 5.24. The third kappa shape index (κ3) is 6.36. The molecular weight excluding hydrogens is 206 g/mol. The van der Waals surface area contributed by atoms with E-state index in [-0.39, 0.29) is 9.90 Å². The monoisotopic (exact) mass is 235 g/mol. The van der Waals surface area contributed by atoms with Gasteiger partial charge in [-0.25, -0.2) is 0 Å². The van der Waals surface area contributed by atoms with Crippen LogP contribution in [-0.2, 0) is 0 Å². The Hall–Kier alpha value is 0.860. The zero-order valence-corrected chi connectivity index (χ0v) is 12.5. The molecule has 14 heavy (non-hydrogen) atoms. The molecule has 0 aromatic heterocycles. The van der Waals surface area contributed by atoms with E-state index >= 15 is 0 Å². The van der Waals surface area contributed by atoms with Crippen LogP contribution in [0, 0.1) is 0 Å². The van der Waals surface area contributed by atoms with Gasteiger partial charge in [-0.2, -0.15) is 0 Å². The quantitative estimate of drug-likeness (QED) is 0.505. The molecule has 0 heterocycles. The van der Waals surface area contributed by atoms with Gasteiger partial charge in [-0.15, -0.1) is 0 Å². The second-order valence-corrected chi connectivity index (χ2v) is 9.50. The van der Waals surface area contributed by atoms with Crippen molar-refractivity contribution >= 4 is 17.2 Å². The molecule has 0 amide bonds. The fourth-order valence-electron chi connectivity index (χ4n) is 2.87. The Morgan fingerprint density at radius 3 is 0.929 bits per heavy atom. The molecule has 0 fully saturated rings. The zero-order valence-electron chi connectivity index (χ0n) is 10.6. The molecule has 0 N–H and O–H groups in total. The molecule has 0 aliphatic heterocycles. The van der Waals surface area contributed by atoms with E-state index in [2.05, 4.69) is 27.7 Å². The third-order valence-electron chi connectivity index (χ3n) is 3.12. The molecule has 0 aliphatic rings. The summed E-state index contributed by atoms with van der Waals surface area (Å²) in [5.74, 6) is 0. The number of hydrogen-bond acceptors (Lipinski definition) is 0. The van der Waals surface area contributed by atoms with E-state index in [0.717, 1.165) is 0 Å². The van der Waals surface area contributed by atoms with E-state index in [1.807, 2.05) is 0 Å². The molecule has 0 unspecified atom stereocenters. The van der Waals surface area contributed by atoms with E-state index in [9.17, 15) is 0 Å². The van der Waals surface area contributed by atoms with Crippen LogP contribution in [0.2, 0.25) is 0 Å². The van der Waals surface area contributed by atoms with Crippen LogP contribution < -0.4 is 0 Å². The van der Waals surface area contributed by atoms with Crippen molar-refractivity contribution in [2.24, 2.45) is 0 Å². The van der Waals surface area contributed by atoms with Crippen molar-refractivity contribution in [1.29, 1.82) is 0 Å². The maximum atomic E-state index is 2.36. The summed E-state index contributed by atoms with van der Waals surface area (Å²) in [6, 6.07) is 0. The molecule has 0 spiro atoms. The van der Waals surface area contributed by atoms with Gasteiger partial charge in [0.15, 0.2) is 0 Å². The summed E-state index contributed by atoms with van der Waals surface area (Å²) in [4.78, 5) is 0. The normalized spacial score (nSPS) is 12.3. The van der Waals surface area contributed by atoms with Gasteiger partial charge in [-0.3, -0.25) is 0 Å². The van der Waals surface area contributed by atoms with E-state index in [1.165, 1.54) is 25.7 Å². The Morgan fingerprint density at radius 1 is 0.571 bits per heavy atom. The van der Waals surface area contributed by atoms with E-state index in [4.69, 9.17) is 0 Å². The average Bonchev–Trinajstić information content (AvgIpc) is 2.06. The molecule has 0 atom stereocenters. The van der Waals surface area contributed by atoms with Gasteiger partial charge in [-0.05, 0) is 0 Å². The number of rotatable bonds is 8. The molecule has 0 saturated carbocycles. The van der Waals surface area contributed by atoms with Gasteiger partial charge in [0.05, 0.1) is 0 Å². The van der Waals surface area contributed by atoms with Crippen LogP contribution in [-0.4, -0.2) is 24.6 Å². The zero-order chi connectivity index (χ0) is 10.2. The van der Waals surface area contributed by atoms with Crippen molar-refractivity contribution in [1.82, 2.24) is 0 Å². The number of hydrogen-bond donors (Lipinski definition) is 0. The van der Waals surface area contributed by atoms with Crippen LogP contribution in [0.3, 0.4) is 0 Å². The van der Waals surface area contributed by atoms with E-state index < -0.39 is 7.26 Å². The van der Waals surface area contributed by atoms with Crippen LogP contribution in [0.1, 0.15) is 53.4 Å². The van der Waals surface area contributed by atoms with E-state index in [1.54, 1.807) is 24.6 Å². The molecule has 0 rings (SSSR count). The fraction of sp³-hybridized carbons (Fsp3) is 1.00. The van der Waals surface area contributed by atoms with Crippen LogP contribution in [0.25, 0.3) is 0 Å². The molecule has 2 heteroatoms. The van der Waals surface area contributed by atoms with Crippen molar-refractivity contribution in [2.45, 2.75) is 53.4 Å². The standard InChI is InChI=1S/C12H29P.P/c1-5-9-13(10-6-2,11-7-3)12-8-4;/h13H,5-12H2,1-4H3;. The van der Waals surface area contributed by atoms with Gasteiger partial charge >= 0.3 is 85.3 Å². The first-order valence-electron chi connectivity index (χ1n) is 6.24. The van der Waals surface area contributed by atoms with Crippen LogP contribution in [0.5, 0.6) is 0 Å². The third-order valence-corrected chi connectivity index (χ3v) is 9.36. The van der Waals surface area contributed by atoms with Crippen molar-refractivity contribution < 1.29 is 0 Å². The summed E-state index contributed by atoms with van der Waals surface area (Å²) in [6.07, 6.45) is 12.0. The summed E-state index contributed by atoms with van der Waals surface area (Å²) in [5, 5.41) is 0. The van der Waals surface area contributed by atoms with Crippen molar-refractivity contribution in [3.8, 4) is 0 Å². The SMILES string of the molecule is CCC[PH](CCC)(CCC)CCC.[P]. The van der Waals surface area contributed by atoms with Gasteiger partial charge in [-0.1, -0.05) is 0 Å². The van der Waals surface area contributed by atoms with Gasteiger partial charge in [0.1, 0.15) is 0 Å². The summed E-state index contributed by atoms with van der Waals surface area (Å²) in [7, 11) is -0.796. The maximum Gasteiger partial charge on any atom is 0 e. The maximum absolute atomic E-state index is 2.36. The Bertz CT molecular complexity index is 83.4. The molecule has 0 aromatic carbocycles.